The molecule has 2 heterocycles. The van der Waals surface area contributed by atoms with Crippen LogP contribution in [0, 0.1) is 0 Å². The number of aromatic nitrogens is 2. The van der Waals surface area contributed by atoms with E-state index < -0.39 is 5.97 Å². The third-order valence-corrected chi connectivity index (χ3v) is 2.48. The van der Waals surface area contributed by atoms with Gasteiger partial charge < -0.3 is 9.52 Å². The Hall–Kier alpha value is -2.56. The van der Waals surface area contributed by atoms with Crippen LogP contribution in [-0.4, -0.2) is 20.9 Å². The van der Waals surface area contributed by atoms with Crippen LogP contribution in [-0.2, 0) is 0 Å². The molecular formula is C12H8N2O3. The topological polar surface area (TPSA) is 68.3 Å². The van der Waals surface area contributed by atoms with Gasteiger partial charge in [-0.3, -0.25) is 0 Å². The number of hydrogen-bond acceptors (Lipinski definition) is 3. The summed E-state index contributed by atoms with van der Waals surface area (Å²) >= 11 is 0. The quantitative estimate of drug-likeness (QED) is 0.730. The Morgan fingerprint density at radius 1 is 1.35 bits per heavy atom. The lowest BCUT2D eigenvalue weighted by Crippen LogP contribution is -1.92. The summed E-state index contributed by atoms with van der Waals surface area (Å²) in [6.45, 7) is 0. The fraction of sp³-hybridized carbons (Fsp3) is 0. The Morgan fingerprint density at radius 3 is 2.94 bits per heavy atom. The molecule has 0 saturated carbocycles. The van der Waals surface area contributed by atoms with E-state index in [-0.39, 0.29) is 5.76 Å². The summed E-state index contributed by atoms with van der Waals surface area (Å²) in [5, 5.41) is 13.7. The molecule has 2 aromatic heterocycles. The molecule has 0 fully saturated rings. The number of nitrogens with zero attached hydrogens (tertiary/aromatic N) is 2. The van der Waals surface area contributed by atoms with Gasteiger partial charge in [-0.2, -0.15) is 5.10 Å². The van der Waals surface area contributed by atoms with Crippen molar-refractivity contribution >= 4 is 16.9 Å². The van der Waals surface area contributed by atoms with E-state index in [0.717, 1.165) is 11.1 Å². The number of furan rings is 1. The molecule has 0 spiro atoms. The second-order valence-corrected chi connectivity index (χ2v) is 3.59. The van der Waals surface area contributed by atoms with Gasteiger partial charge in [0.15, 0.2) is 0 Å². The first-order valence-electron chi connectivity index (χ1n) is 5.01. The van der Waals surface area contributed by atoms with Crippen molar-refractivity contribution in [3.63, 3.8) is 0 Å². The summed E-state index contributed by atoms with van der Waals surface area (Å²) in [4.78, 5) is 10.8. The zero-order chi connectivity index (χ0) is 11.8. The van der Waals surface area contributed by atoms with Gasteiger partial charge in [0.05, 0.1) is 5.69 Å². The summed E-state index contributed by atoms with van der Waals surface area (Å²) in [6, 6.07) is 8.74. The van der Waals surface area contributed by atoms with Crippen molar-refractivity contribution in [3.05, 3.63) is 48.5 Å². The van der Waals surface area contributed by atoms with Gasteiger partial charge in [0.2, 0.25) is 5.76 Å². The van der Waals surface area contributed by atoms with E-state index in [9.17, 15) is 4.79 Å². The van der Waals surface area contributed by atoms with Crippen LogP contribution >= 0.6 is 0 Å². The van der Waals surface area contributed by atoms with Crippen molar-refractivity contribution in [2.24, 2.45) is 0 Å². The van der Waals surface area contributed by atoms with Crippen LogP contribution in [0.1, 0.15) is 10.6 Å². The molecule has 3 aromatic rings. The predicted octanol–water partition coefficient (Wildman–Crippen LogP) is 2.32. The molecule has 5 heteroatoms. The highest BCUT2D eigenvalue weighted by molar-refractivity contribution is 5.91. The smallest absolute Gasteiger partial charge is 0.371 e. The van der Waals surface area contributed by atoms with E-state index in [1.54, 1.807) is 16.9 Å². The van der Waals surface area contributed by atoms with Gasteiger partial charge in [0, 0.05) is 23.8 Å². The molecule has 0 radical (unpaired) electrons. The molecule has 0 bridgehead atoms. The number of rotatable bonds is 2. The highest BCUT2D eigenvalue weighted by Crippen LogP contribution is 2.22. The van der Waals surface area contributed by atoms with E-state index in [0.29, 0.717) is 5.58 Å². The second-order valence-electron chi connectivity index (χ2n) is 3.59. The van der Waals surface area contributed by atoms with Crippen molar-refractivity contribution < 1.29 is 14.3 Å². The molecule has 0 atom stereocenters. The monoisotopic (exact) mass is 228 g/mol. The number of carboxylic acids is 1. The number of fused-ring (bicyclic) bond motifs is 1. The maximum Gasteiger partial charge on any atom is 0.371 e. The lowest BCUT2D eigenvalue weighted by Gasteiger charge is -1.99. The van der Waals surface area contributed by atoms with Crippen molar-refractivity contribution in [2.75, 3.05) is 0 Å². The molecule has 3 rings (SSSR count). The number of carbonyl (C=O) groups is 1. The summed E-state index contributed by atoms with van der Waals surface area (Å²) < 4.78 is 6.91. The summed E-state index contributed by atoms with van der Waals surface area (Å²) in [5.74, 6) is -1.13. The predicted molar refractivity (Wildman–Crippen MR) is 60.3 cm³/mol. The van der Waals surface area contributed by atoms with Gasteiger partial charge in [0.1, 0.15) is 5.58 Å². The van der Waals surface area contributed by atoms with Gasteiger partial charge in [-0.25, -0.2) is 9.48 Å². The molecule has 0 aliphatic rings. The molecule has 0 saturated heterocycles. The van der Waals surface area contributed by atoms with Gasteiger partial charge in [-0.15, -0.1) is 0 Å². The Balaban J connectivity index is 2.16. The normalized spacial score (nSPS) is 10.8. The third-order valence-electron chi connectivity index (χ3n) is 2.48. The zero-order valence-corrected chi connectivity index (χ0v) is 8.70. The first-order chi connectivity index (χ1) is 8.24. The van der Waals surface area contributed by atoms with Crippen LogP contribution < -0.4 is 0 Å². The second kappa shape index (κ2) is 3.48. The number of benzene rings is 1. The molecule has 0 aliphatic heterocycles. The van der Waals surface area contributed by atoms with E-state index in [1.807, 2.05) is 24.4 Å². The summed E-state index contributed by atoms with van der Waals surface area (Å²) in [5.41, 5.74) is 1.36. The average molecular weight is 228 g/mol. The van der Waals surface area contributed by atoms with Gasteiger partial charge in [0.25, 0.3) is 0 Å². The van der Waals surface area contributed by atoms with E-state index >= 15 is 0 Å². The van der Waals surface area contributed by atoms with E-state index in [1.165, 1.54) is 6.07 Å². The van der Waals surface area contributed by atoms with Crippen LogP contribution in [0.3, 0.4) is 0 Å². The maximum absolute atomic E-state index is 10.8. The zero-order valence-electron chi connectivity index (χ0n) is 8.70. The molecule has 1 N–H and O–H groups in total. The van der Waals surface area contributed by atoms with E-state index in [2.05, 4.69) is 5.10 Å². The number of aromatic carboxylic acids is 1. The Kier molecular flexibility index (Phi) is 1.98. The Morgan fingerprint density at radius 2 is 2.24 bits per heavy atom. The highest BCUT2D eigenvalue weighted by atomic mass is 16.4. The minimum atomic E-state index is -1.07. The lowest BCUT2D eigenvalue weighted by molar-refractivity contribution is 0.0665. The maximum atomic E-state index is 10.8. The van der Waals surface area contributed by atoms with Gasteiger partial charge in [-0.1, -0.05) is 0 Å². The Labute approximate surface area is 95.9 Å². The van der Waals surface area contributed by atoms with Crippen molar-refractivity contribution in [1.29, 1.82) is 0 Å². The Bertz CT molecular complexity index is 683. The summed E-state index contributed by atoms with van der Waals surface area (Å²) in [7, 11) is 0. The van der Waals surface area contributed by atoms with Crippen LogP contribution in [0.4, 0.5) is 0 Å². The first-order valence-corrected chi connectivity index (χ1v) is 5.01. The van der Waals surface area contributed by atoms with Gasteiger partial charge in [-0.05, 0) is 24.3 Å². The van der Waals surface area contributed by atoms with Gasteiger partial charge >= 0.3 is 5.97 Å². The highest BCUT2D eigenvalue weighted by Gasteiger charge is 2.10. The molecule has 5 nitrogen and oxygen atoms in total. The molecule has 0 unspecified atom stereocenters. The van der Waals surface area contributed by atoms with Crippen LogP contribution in [0.2, 0.25) is 0 Å². The van der Waals surface area contributed by atoms with Crippen molar-refractivity contribution in [2.45, 2.75) is 0 Å². The van der Waals surface area contributed by atoms with Crippen molar-refractivity contribution in [1.82, 2.24) is 9.78 Å². The fourth-order valence-electron chi connectivity index (χ4n) is 1.69. The fourth-order valence-corrected chi connectivity index (χ4v) is 1.69. The molecule has 0 amide bonds. The summed E-state index contributed by atoms with van der Waals surface area (Å²) in [6.07, 6.45) is 3.48. The average Bonchev–Trinajstić information content (AvgIpc) is 2.97. The molecule has 84 valence electrons. The standard InChI is InChI=1S/C12H8N2O3/c15-12(16)11-6-8-2-3-9(7-10(8)17-11)14-5-1-4-13-14/h1-7H,(H,15,16). The molecule has 17 heavy (non-hydrogen) atoms. The van der Waals surface area contributed by atoms with Crippen LogP contribution in [0.25, 0.3) is 16.7 Å². The van der Waals surface area contributed by atoms with E-state index in [4.69, 9.17) is 9.52 Å². The lowest BCUT2D eigenvalue weighted by atomic mass is 10.2. The molecule has 1 aromatic carbocycles. The molecule has 0 aliphatic carbocycles. The first kappa shape index (κ1) is 9.65. The van der Waals surface area contributed by atoms with Crippen molar-refractivity contribution in [3.8, 4) is 5.69 Å². The minimum Gasteiger partial charge on any atom is -0.475 e. The number of hydrogen-bond donors (Lipinski definition) is 1. The van der Waals surface area contributed by atoms with Crippen LogP contribution in [0.15, 0.2) is 47.1 Å². The number of carboxylic acid groups (broad SMARTS) is 1. The SMILES string of the molecule is O=C(O)c1cc2ccc(-n3cccn3)cc2o1. The largest absolute Gasteiger partial charge is 0.475 e. The molecular weight excluding hydrogens is 220 g/mol. The third kappa shape index (κ3) is 1.57. The van der Waals surface area contributed by atoms with Crippen LogP contribution in [0.5, 0.6) is 0 Å². The minimum absolute atomic E-state index is 0.0578.